The molecule has 0 aromatic heterocycles. The van der Waals surface area contributed by atoms with Crippen LogP contribution in [0, 0.1) is 0 Å². The predicted molar refractivity (Wildman–Crippen MR) is 98.2 cm³/mol. The van der Waals surface area contributed by atoms with E-state index in [1.807, 2.05) is 29.2 Å². The number of carbonyl (C=O) groups excluding carboxylic acids is 1. The van der Waals surface area contributed by atoms with Crippen molar-refractivity contribution in [3.8, 4) is 5.75 Å². The first-order valence-electron chi connectivity index (χ1n) is 9.07. The minimum Gasteiger partial charge on any atom is -0.492 e. The smallest absolute Gasteiger partial charge is 0.243 e. The summed E-state index contributed by atoms with van der Waals surface area (Å²) >= 11 is 5.90. The molecule has 6 heteroatoms. The van der Waals surface area contributed by atoms with E-state index in [1.165, 1.54) is 0 Å². The van der Waals surface area contributed by atoms with Crippen LogP contribution in [0.3, 0.4) is 0 Å². The zero-order valence-corrected chi connectivity index (χ0v) is 15.6. The maximum Gasteiger partial charge on any atom is 0.243 e. The molecule has 0 aliphatic carbocycles. The number of halogens is 1. The van der Waals surface area contributed by atoms with Gasteiger partial charge in [0.2, 0.25) is 5.91 Å². The van der Waals surface area contributed by atoms with Gasteiger partial charge in [-0.15, -0.1) is 0 Å². The van der Waals surface area contributed by atoms with E-state index in [2.05, 4.69) is 4.90 Å². The first-order chi connectivity index (χ1) is 12.2. The first-order valence-corrected chi connectivity index (χ1v) is 9.45. The standard InChI is InChI=1S/C19H27ClN2O3/c1-24-14-12-21-10-2-8-19(18(21)23)9-3-11-22(19)13-15-25-17-6-4-16(20)5-7-17/h4-7H,2-3,8-15H2,1H3. The van der Waals surface area contributed by atoms with Gasteiger partial charge >= 0.3 is 0 Å². The molecular formula is C19H27ClN2O3. The van der Waals surface area contributed by atoms with Crippen LogP contribution in [0.5, 0.6) is 5.75 Å². The highest BCUT2D eigenvalue weighted by Gasteiger charge is 2.50. The number of nitrogens with zero attached hydrogens (tertiary/aromatic N) is 2. The lowest BCUT2D eigenvalue weighted by atomic mass is 9.85. The fourth-order valence-electron chi connectivity index (χ4n) is 4.07. The van der Waals surface area contributed by atoms with Crippen LogP contribution in [0.2, 0.25) is 5.02 Å². The van der Waals surface area contributed by atoms with Crippen molar-refractivity contribution < 1.29 is 14.3 Å². The molecule has 5 nitrogen and oxygen atoms in total. The van der Waals surface area contributed by atoms with Crippen LogP contribution in [0.4, 0.5) is 0 Å². The number of likely N-dealkylation sites (tertiary alicyclic amines) is 2. The molecule has 2 saturated heterocycles. The van der Waals surface area contributed by atoms with E-state index >= 15 is 0 Å². The van der Waals surface area contributed by atoms with Crippen LogP contribution in [0.15, 0.2) is 24.3 Å². The van der Waals surface area contributed by atoms with Crippen LogP contribution in [-0.2, 0) is 9.53 Å². The molecule has 0 saturated carbocycles. The van der Waals surface area contributed by atoms with E-state index in [0.717, 1.165) is 51.1 Å². The van der Waals surface area contributed by atoms with Gasteiger partial charge < -0.3 is 14.4 Å². The van der Waals surface area contributed by atoms with Gasteiger partial charge in [-0.1, -0.05) is 11.6 Å². The molecule has 25 heavy (non-hydrogen) atoms. The summed E-state index contributed by atoms with van der Waals surface area (Å²) in [6, 6.07) is 7.40. The number of piperidine rings is 1. The number of rotatable bonds is 7. The van der Waals surface area contributed by atoms with Gasteiger partial charge in [-0.3, -0.25) is 9.69 Å². The Morgan fingerprint density at radius 2 is 1.80 bits per heavy atom. The first kappa shape index (κ1) is 18.5. The lowest BCUT2D eigenvalue weighted by Crippen LogP contribution is -2.60. The van der Waals surface area contributed by atoms with Gasteiger partial charge in [0.1, 0.15) is 17.9 Å². The summed E-state index contributed by atoms with van der Waals surface area (Å²) in [6.07, 6.45) is 4.04. The fourth-order valence-corrected chi connectivity index (χ4v) is 4.20. The van der Waals surface area contributed by atoms with Crippen LogP contribution in [-0.4, -0.2) is 67.7 Å². The Balaban J connectivity index is 1.59. The second kappa shape index (κ2) is 8.39. The molecule has 1 amide bonds. The molecule has 1 aromatic rings. The molecule has 2 aliphatic rings. The van der Waals surface area contributed by atoms with Crippen molar-refractivity contribution in [2.24, 2.45) is 0 Å². The van der Waals surface area contributed by atoms with Crippen LogP contribution in [0.25, 0.3) is 0 Å². The molecule has 2 heterocycles. The molecule has 0 N–H and O–H groups in total. The van der Waals surface area contributed by atoms with Crippen molar-refractivity contribution in [3.05, 3.63) is 29.3 Å². The third-order valence-corrected chi connectivity index (χ3v) is 5.59. The quantitative estimate of drug-likeness (QED) is 0.744. The summed E-state index contributed by atoms with van der Waals surface area (Å²) in [6.45, 7) is 4.45. The van der Waals surface area contributed by atoms with E-state index < -0.39 is 0 Å². The molecular weight excluding hydrogens is 340 g/mol. The topological polar surface area (TPSA) is 42.0 Å². The monoisotopic (exact) mass is 366 g/mol. The molecule has 3 rings (SSSR count). The van der Waals surface area contributed by atoms with Gasteiger partial charge in [-0.25, -0.2) is 0 Å². The minimum atomic E-state index is -0.324. The maximum absolute atomic E-state index is 13.1. The van der Waals surface area contributed by atoms with Crippen molar-refractivity contribution in [2.45, 2.75) is 31.2 Å². The predicted octanol–water partition coefficient (Wildman–Crippen LogP) is 2.82. The van der Waals surface area contributed by atoms with Gasteiger partial charge in [-0.05, 0) is 56.5 Å². The average molecular weight is 367 g/mol. The normalized spacial score (nSPS) is 24.2. The number of ether oxygens (including phenoxy) is 2. The lowest BCUT2D eigenvalue weighted by Gasteiger charge is -2.44. The highest BCUT2D eigenvalue weighted by Crippen LogP contribution is 2.38. The molecule has 1 unspecified atom stereocenters. The SMILES string of the molecule is COCCN1CCCC2(CCCN2CCOc2ccc(Cl)cc2)C1=O. The molecule has 1 spiro atoms. The molecule has 1 atom stereocenters. The van der Waals surface area contributed by atoms with Gasteiger partial charge in [0, 0.05) is 31.8 Å². The lowest BCUT2D eigenvalue weighted by molar-refractivity contribution is -0.148. The molecule has 1 aromatic carbocycles. The van der Waals surface area contributed by atoms with Crippen molar-refractivity contribution in [3.63, 3.8) is 0 Å². The fraction of sp³-hybridized carbons (Fsp3) is 0.632. The Bertz CT molecular complexity index is 581. The number of hydrogen-bond donors (Lipinski definition) is 0. The summed E-state index contributed by atoms with van der Waals surface area (Å²) < 4.78 is 11.0. The number of benzene rings is 1. The number of methoxy groups -OCH3 is 1. The van der Waals surface area contributed by atoms with E-state index in [9.17, 15) is 4.79 Å². The molecule has 2 fully saturated rings. The Morgan fingerprint density at radius 1 is 1.08 bits per heavy atom. The number of carbonyl (C=O) groups is 1. The summed E-state index contributed by atoms with van der Waals surface area (Å²) in [5.41, 5.74) is -0.324. The zero-order chi connectivity index (χ0) is 17.7. The van der Waals surface area contributed by atoms with Gasteiger partial charge in [0.15, 0.2) is 0 Å². The highest BCUT2D eigenvalue weighted by molar-refractivity contribution is 6.30. The summed E-state index contributed by atoms with van der Waals surface area (Å²) in [7, 11) is 1.68. The van der Waals surface area contributed by atoms with Gasteiger partial charge in [-0.2, -0.15) is 0 Å². The maximum atomic E-state index is 13.1. The summed E-state index contributed by atoms with van der Waals surface area (Å²) in [5.74, 6) is 1.09. The molecule has 138 valence electrons. The van der Waals surface area contributed by atoms with E-state index in [-0.39, 0.29) is 11.4 Å². The molecule has 0 radical (unpaired) electrons. The van der Waals surface area contributed by atoms with Crippen LogP contribution >= 0.6 is 11.6 Å². The second-order valence-electron chi connectivity index (χ2n) is 6.81. The van der Waals surface area contributed by atoms with E-state index in [4.69, 9.17) is 21.1 Å². The van der Waals surface area contributed by atoms with E-state index in [1.54, 1.807) is 7.11 Å². The second-order valence-corrected chi connectivity index (χ2v) is 7.25. The molecule has 2 aliphatic heterocycles. The van der Waals surface area contributed by atoms with Crippen molar-refractivity contribution in [2.75, 3.05) is 46.5 Å². The Morgan fingerprint density at radius 3 is 2.52 bits per heavy atom. The zero-order valence-electron chi connectivity index (χ0n) is 14.9. The largest absolute Gasteiger partial charge is 0.492 e. The Kier molecular flexibility index (Phi) is 6.20. The van der Waals surface area contributed by atoms with Crippen LogP contribution < -0.4 is 4.74 Å². The summed E-state index contributed by atoms with van der Waals surface area (Å²) in [5, 5.41) is 0.704. The van der Waals surface area contributed by atoms with Gasteiger partial charge in [0.25, 0.3) is 0 Å². The van der Waals surface area contributed by atoms with Crippen molar-refractivity contribution in [1.29, 1.82) is 0 Å². The summed E-state index contributed by atoms with van der Waals surface area (Å²) in [4.78, 5) is 17.4. The van der Waals surface area contributed by atoms with Crippen molar-refractivity contribution >= 4 is 17.5 Å². The third kappa shape index (κ3) is 4.10. The number of amides is 1. The number of hydrogen-bond acceptors (Lipinski definition) is 4. The average Bonchev–Trinajstić information content (AvgIpc) is 3.02. The Hall–Kier alpha value is -1.30. The Labute approximate surface area is 154 Å². The highest BCUT2D eigenvalue weighted by atomic mass is 35.5. The van der Waals surface area contributed by atoms with Gasteiger partial charge in [0.05, 0.1) is 6.61 Å². The minimum absolute atomic E-state index is 0.278. The molecule has 0 bridgehead atoms. The van der Waals surface area contributed by atoms with Crippen LogP contribution in [0.1, 0.15) is 25.7 Å². The van der Waals surface area contributed by atoms with E-state index in [0.29, 0.717) is 24.8 Å². The van der Waals surface area contributed by atoms with Crippen molar-refractivity contribution in [1.82, 2.24) is 9.80 Å². The third-order valence-electron chi connectivity index (χ3n) is 5.34.